The lowest BCUT2D eigenvalue weighted by Gasteiger charge is -2.20. The Hall–Kier alpha value is -3.07. The second-order valence-corrected chi connectivity index (χ2v) is 8.64. The number of rotatable bonds is 11. The highest BCUT2D eigenvalue weighted by molar-refractivity contribution is 5.85. The second kappa shape index (κ2) is 13.6. The van der Waals surface area contributed by atoms with Crippen LogP contribution in [0.4, 0.5) is 0 Å². The Balaban J connectivity index is 0.00000324. The number of hydrogen-bond donors (Lipinski definition) is 1. The standard InChI is InChI=1S/C31H33NO.ClH/c1-25(23-26-17-19-30(20-18-26)33-24-27-11-5-2-6-12-27)32-22-21-31(28-13-7-3-8-14-28)29-15-9-4-10-16-29;/h2-20,25,31-32H,21-24H2,1H3;1H. The van der Waals surface area contributed by atoms with Crippen molar-refractivity contribution in [3.8, 4) is 5.75 Å². The van der Waals surface area contributed by atoms with E-state index in [-0.39, 0.29) is 12.4 Å². The van der Waals surface area contributed by atoms with Crippen LogP contribution in [0.2, 0.25) is 0 Å². The van der Waals surface area contributed by atoms with E-state index >= 15 is 0 Å². The lowest BCUT2D eigenvalue weighted by atomic mass is 9.88. The van der Waals surface area contributed by atoms with Crippen LogP contribution in [0.15, 0.2) is 115 Å². The molecule has 3 heteroatoms. The highest BCUT2D eigenvalue weighted by Crippen LogP contribution is 2.27. The van der Waals surface area contributed by atoms with E-state index in [2.05, 4.69) is 109 Å². The van der Waals surface area contributed by atoms with Crippen LogP contribution >= 0.6 is 12.4 Å². The van der Waals surface area contributed by atoms with E-state index in [1.54, 1.807) is 0 Å². The SMILES string of the molecule is CC(Cc1ccc(OCc2ccccc2)cc1)NCCC(c1ccccc1)c1ccccc1.Cl. The topological polar surface area (TPSA) is 21.3 Å². The molecule has 1 unspecified atom stereocenters. The van der Waals surface area contributed by atoms with E-state index in [1.807, 2.05) is 18.2 Å². The van der Waals surface area contributed by atoms with Crippen molar-refractivity contribution in [3.63, 3.8) is 0 Å². The second-order valence-electron chi connectivity index (χ2n) is 8.64. The number of halogens is 1. The van der Waals surface area contributed by atoms with Crippen LogP contribution in [-0.4, -0.2) is 12.6 Å². The molecule has 0 aliphatic carbocycles. The monoisotopic (exact) mass is 471 g/mol. The number of hydrogen-bond acceptors (Lipinski definition) is 2. The van der Waals surface area contributed by atoms with Gasteiger partial charge in [0.05, 0.1) is 0 Å². The summed E-state index contributed by atoms with van der Waals surface area (Å²) in [6.45, 7) is 3.84. The molecule has 0 aliphatic heterocycles. The molecule has 2 nitrogen and oxygen atoms in total. The first-order chi connectivity index (χ1) is 16.3. The van der Waals surface area contributed by atoms with Gasteiger partial charge in [0.15, 0.2) is 0 Å². The largest absolute Gasteiger partial charge is 0.489 e. The molecule has 0 radical (unpaired) electrons. The molecular weight excluding hydrogens is 438 g/mol. The minimum Gasteiger partial charge on any atom is -0.489 e. The van der Waals surface area contributed by atoms with Crippen LogP contribution in [-0.2, 0) is 13.0 Å². The molecule has 4 aromatic carbocycles. The van der Waals surface area contributed by atoms with E-state index in [9.17, 15) is 0 Å². The molecule has 0 fully saturated rings. The fraction of sp³-hybridized carbons (Fsp3) is 0.226. The van der Waals surface area contributed by atoms with Gasteiger partial charge in [-0.25, -0.2) is 0 Å². The molecule has 1 N–H and O–H groups in total. The van der Waals surface area contributed by atoms with Crippen molar-refractivity contribution in [2.24, 2.45) is 0 Å². The fourth-order valence-corrected chi connectivity index (χ4v) is 4.26. The van der Waals surface area contributed by atoms with E-state index < -0.39 is 0 Å². The Bertz CT molecular complexity index is 1030. The Morgan fingerprint density at radius 1 is 0.647 bits per heavy atom. The predicted molar refractivity (Wildman–Crippen MR) is 145 cm³/mol. The van der Waals surface area contributed by atoms with Crippen LogP contribution in [0.1, 0.15) is 41.5 Å². The molecule has 0 heterocycles. The zero-order valence-corrected chi connectivity index (χ0v) is 20.6. The third kappa shape index (κ3) is 7.76. The molecule has 0 aromatic heterocycles. The molecule has 0 spiro atoms. The first kappa shape index (κ1) is 25.6. The van der Waals surface area contributed by atoms with Crippen molar-refractivity contribution >= 4 is 12.4 Å². The first-order valence-electron chi connectivity index (χ1n) is 11.9. The van der Waals surface area contributed by atoms with E-state index in [4.69, 9.17) is 4.74 Å². The van der Waals surface area contributed by atoms with Gasteiger partial charge in [0.25, 0.3) is 0 Å². The maximum Gasteiger partial charge on any atom is 0.119 e. The van der Waals surface area contributed by atoms with Crippen LogP contribution < -0.4 is 10.1 Å². The van der Waals surface area contributed by atoms with Crippen molar-refractivity contribution in [1.82, 2.24) is 5.32 Å². The molecule has 4 rings (SSSR count). The summed E-state index contributed by atoms with van der Waals surface area (Å²) >= 11 is 0. The minimum atomic E-state index is 0. The number of nitrogens with one attached hydrogen (secondary N) is 1. The van der Waals surface area contributed by atoms with Crippen LogP contribution in [0.5, 0.6) is 5.75 Å². The quantitative estimate of drug-likeness (QED) is 0.245. The van der Waals surface area contributed by atoms with Gasteiger partial charge in [-0.3, -0.25) is 0 Å². The number of ether oxygens (including phenoxy) is 1. The highest BCUT2D eigenvalue weighted by Gasteiger charge is 2.14. The van der Waals surface area contributed by atoms with Crippen molar-refractivity contribution in [1.29, 1.82) is 0 Å². The van der Waals surface area contributed by atoms with Gasteiger partial charge in [-0.2, -0.15) is 0 Å². The average Bonchev–Trinajstić information content (AvgIpc) is 2.88. The smallest absolute Gasteiger partial charge is 0.119 e. The van der Waals surface area contributed by atoms with Gasteiger partial charge in [-0.15, -0.1) is 12.4 Å². The van der Waals surface area contributed by atoms with Crippen molar-refractivity contribution in [3.05, 3.63) is 138 Å². The molecular formula is C31H34ClNO. The molecule has 0 amide bonds. The van der Waals surface area contributed by atoms with Gasteiger partial charge in [0.1, 0.15) is 12.4 Å². The van der Waals surface area contributed by atoms with Gasteiger partial charge in [0, 0.05) is 12.0 Å². The summed E-state index contributed by atoms with van der Waals surface area (Å²) in [6, 6.07) is 40.9. The maximum atomic E-state index is 5.91. The summed E-state index contributed by atoms with van der Waals surface area (Å²) in [5.41, 5.74) is 5.27. The van der Waals surface area contributed by atoms with E-state index in [0.29, 0.717) is 18.6 Å². The van der Waals surface area contributed by atoms with Gasteiger partial charge in [-0.1, -0.05) is 103 Å². The Morgan fingerprint density at radius 3 is 1.74 bits per heavy atom. The van der Waals surface area contributed by atoms with Crippen molar-refractivity contribution in [2.75, 3.05) is 6.54 Å². The molecule has 0 bridgehead atoms. The molecule has 0 saturated carbocycles. The molecule has 176 valence electrons. The van der Waals surface area contributed by atoms with Crippen LogP contribution in [0, 0.1) is 0 Å². The van der Waals surface area contributed by atoms with Crippen LogP contribution in [0.25, 0.3) is 0 Å². The van der Waals surface area contributed by atoms with Gasteiger partial charge in [-0.05, 0) is 60.7 Å². The zero-order chi connectivity index (χ0) is 22.7. The Labute approximate surface area is 210 Å². The van der Waals surface area contributed by atoms with E-state index in [0.717, 1.165) is 25.1 Å². The molecule has 4 aromatic rings. The Kier molecular flexibility index (Phi) is 10.2. The molecule has 1 atom stereocenters. The Morgan fingerprint density at radius 2 is 1.18 bits per heavy atom. The molecule has 0 aliphatic rings. The predicted octanol–water partition coefficient (Wildman–Crippen LogP) is 7.43. The summed E-state index contributed by atoms with van der Waals surface area (Å²) in [4.78, 5) is 0. The summed E-state index contributed by atoms with van der Waals surface area (Å²) in [6.07, 6.45) is 2.07. The van der Waals surface area contributed by atoms with Gasteiger partial charge in [0.2, 0.25) is 0 Å². The summed E-state index contributed by atoms with van der Waals surface area (Å²) in [5.74, 6) is 1.32. The third-order valence-electron chi connectivity index (χ3n) is 6.04. The van der Waals surface area contributed by atoms with Crippen molar-refractivity contribution < 1.29 is 4.74 Å². The maximum absolute atomic E-state index is 5.91. The zero-order valence-electron chi connectivity index (χ0n) is 19.8. The number of benzene rings is 4. The highest BCUT2D eigenvalue weighted by atomic mass is 35.5. The normalized spacial score (nSPS) is 11.6. The third-order valence-corrected chi connectivity index (χ3v) is 6.04. The molecule has 0 saturated heterocycles. The van der Waals surface area contributed by atoms with E-state index in [1.165, 1.54) is 22.3 Å². The van der Waals surface area contributed by atoms with Gasteiger partial charge < -0.3 is 10.1 Å². The minimum absolute atomic E-state index is 0. The van der Waals surface area contributed by atoms with Crippen LogP contribution in [0.3, 0.4) is 0 Å². The lowest BCUT2D eigenvalue weighted by molar-refractivity contribution is 0.306. The molecule has 34 heavy (non-hydrogen) atoms. The average molecular weight is 472 g/mol. The summed E-state index contributed by atoms with van der Waals surface area (Å²) in [5, 5.41) is 3.73. The lowest BCUT2D eigenvalue weighted by Crippen LogP contribution is -2.30. The first-order valence-corrected chi connectivity index (χ1v) is 11.9. The van der Waals surface area contributed by atoms with Crippen molar-refractivity contribution in [2.45, 2.75) is 38.3 Å². The fourth-order valence-electron chi connectivity index (χ4n) is 4.26. The summed E-state index contributed by atoms with van der Waals surface area (Å²) < 4.78 is 5.91. The van der Waals surface area contributed by atoms with Gasteiger partial charge >= 0.3 is 0 Å². The summed E-state index contributed by atoms with van der Waals surface area (Å²) in [7, 11) is 0.